The Morgan fingerprint density at radius 3 is 2.88 bits per heavy atom. The van der Waals surface area contributed by atoms with Gasteiger partial charge in [0.05, 0.1) is 27.9 Å². The minimum Gasteiger partial charge on any atom is -0.384 e. The van der Waals surface area contributed by atoms with Crippen molar-refractivity contribution in [2.24, 2.45) is 0 Å². The van der Waals surface area contributed by atoms with E-state index in [1.165, 1.54) is 0 Å². The number of aromatic nitrogens is 2. The average Bonchev–Trinajstić information content (AvgIpc) is 2.92. The van der Waals surface area contributed by atoms with Crippen LogP contribution in [0.2, 0.25) is 0 Å². The summed E-state index contributed by atoms with van der Waals surface area (Å²) in [7, 11) is 3.59. The number of methoxy groups -OCH3 is 1. The minimum atomic E-state index is 0.714. The van der Waals surface area contributed by atoms with Crippen LogP contribution in [0.1, 0.15) is 10.7 Å². The largest absolute Gasteiger partial charge is 0.384 e. The molecule has 0 spiro atoms. The second-order valence-corrected chi connectivity index (χ2v) is 5.49. The molecule has 2 aromatic rings. The van der Waals surface area contributed by atoms with Crippen molar-refractivity contribution >= 4 is 27.8 Å². The van der Waals surface area contributed by atoms with Crippen LogP contribution in [0.25, 0.3) is 10.6 Å². The molecule has 0 fully saturated rings. The third kappa shape index (κ3) is 2.83. The molecule has 1 N–H and O–H groups in total. The van der Waals surface area contributed by atoms with Crippen LogP contribution in [0.4, 0.5) is 5.13 Å². The first-order valence-corrected chi connectivity index (χ1v) is 7.03. The van der Waals surface area contributed by atoms with Gasteiger partial charge in [0.1, 0.15) is 0 Å². The highest BCUT2D eigenvalue weighted by Crippen LogP contribution is 2.32. The Labute approximate surface area is 109 Å². The summed E-state index contributed by atoms with van der Waals surface area (Å²) in [5.41, 5.74) is 2.06. The summed E-state index contributed by atoms with van der Waals surface area (Å²) in [6.45, 7) is 2.74. The number of rotatable bonds is 5. The van der Waals surface area contributed by atoms with Crippen molar-refractivity contribution in [3.8, 4) is 10.6 Å². The zero-order chi connectivity index (χ0) is 12.3. The molecule has 0 saturated carbocycles. The van der Waals surface area contributed by atoms with Gasteiger partial charge in [0.2, 0.25) is 0 Å². The molecule has 0 aromatic carbocycles. The highest BCUT2D eigenvalue weighted by molar-refractivity contribution is 7.16. The molecule has 4 nitrogen and oxygen atoms in total. The first-order chi connectivity index (χ1) is 8.24. The van der Waals surface area contributed by atoms with Gasteiger partial charge in [-0.05, 0) is 6.92 Å². The number of nitrogens with zero attached hydrogens (tertiary/aromatic N) is 2. The SMILES string of the molecule is CNc1nc(-c2sc(CCOC)nc2C)cs1. The molecule has 0 bridgehead atoms. The van der Waals surface area contributed by atoms with E-state index >= 15 is 0 Å². The van der Waals surface area contributed by atoms with Gasteiger partial charge < -0.3 is 10.1 Å². The monoisotopic (exact) mass is 269 g/mol. The van der Waals surface area contributed by atoms with Crippen LogP contribution < -0.4 is 5.32 Å². The molecule has 17 heavy (non-hydrogen) atoms. The smallest absolute Gasteiger partial charge is 0.182 e. The molecule has 2 rings (SSSR count). The van der Waals surface area contributed by atoms with Gasteiger partial charge in [-0.1, -0.05) is 0 Å². The molecule has 0 aliphatic carbocycles. The van der Waals surface area contributed by atoms with Crippen LogP contribution in [-0.2, 0) is 11.2 Å². The Bertz CT molecular complexity index is 493. The van der Waals surface area contributed by atoms with Gasteiger partial charge in [-0.25, -0.2) is 9.97 Å². The third-order valence-corrected chi connectivity index (χ3v) is 4.41. The van der Waals surface area contributed by atoms with Gasteiger partial charge >= 0.3 is 0 Å². The van der Waals surface area contributed by atoms with Crippen LogP contribution in [0, 0.1) is 6.92 Å². The maximum Gasteiger partial charge on any atom is 0.182 e. The Morgan fingerprint density at radius 1 is 1.41 bits per heavy atom. The maximum atomic E-state index is 5.07. The lowest BCUT2D eigenvalue weighted by Gasteiger charge is -1.92. The van der Waals surface area contributed by atoms with E-state index in [4.69, 9.17) is 4.74 Å². The van der Waals surface area contributed by atoms with Crippen molar-refractivity contribution in [1.82, 2.24) is 9.97 Å². The van der Waals surface area contributed by atoms with Crippen molar-refractivity contribution in [1.29, 1.82) is 0 Å². The topological polar surface area (TPSA) is 47.0 Å². The maximum absolute atomic E-state index is 5.07. The summed E-state index contributed by atoms with van der Waals surface area (Å²) in [5, 5.41) is 7.16. The Balaban J connectivity index is 2.22. The number of thiazole rings is 2. The van der Waals surface area contributed by atoms with Gasteiger partial charge in [-0.15, -0.1) is 22.7 Å². The number of nitrogens with one attached hydrogen (secondary N) is 1. The van der Waals surface area contributed by atoms with Gasteiger partial charge in [-0.3, -0.25) is 0 Å². The number of aryl methyl sites for hydroxylation is 1. The molecule has 0 aliphatic rings. The highest BCUT2D eigenvalue weighted by atomic mass is 32.1. The highest BCUT2D eigenvalue weighted by Gasteiger charge is 2.12. The molecule has 0 unspecified atom stereocenters. The second-order valence-electron chi connectivity index (χ2n) is 3.55. The summed E-state index contributed by atoms with van der Waals surface area (Å²) in [6, 6.07) is 0. The first-order valence-electron chi connectivity index (χ1n) is 5.33. The molecule has 2 heterocycles. The molecular formula is C11H15N3OS2. The van der Waals surface area contributed by atoms with E-state index in [9.17, 15) is 0 Å². The number of ether oxygens (including phenoxy) is 1. The third-order valence-electron chi connectivity index (χ3n) is 2.31. The fourth-order valence-corrected chi connectivity index (χ4v) is 3.22. The Kier molecular flexibility index (Phi) is 4.09. The lowest BCUT2D eigenvalue weighted by molar-refractivity contribution is 0.202. The zero-order valence-electron chi connectivity index (χ0n) is 10.1. The van der Waals surface area contributed by atoms with E-state index < -0.39 is 0 Å². The standard InChI is InChI=1S/C11H15N3OS2/c1-7-10(8-6-16-11(12-2)14-8)17-9(13-7)4-5-15-3/h6H,4-5H2,1-3H3,(H,12,14). The molecule has 92 valence electrons. The van der Waals surface area contributed by atoms with Crippen molar-refractivity contribution in [3.63, 3.8) is 0 Å². The van der Waals surface area contributed by atoms with Gasteiger partial charge in [-0.2, -0.15) is 0 Å². The normalized spacial score (nSPS) is 10.8. The van der Waals surface area contributed by atoms with Gasteiger partial charge in [0.15, 0.2) is 5.13 Å². The second kappa shape index (κ2) is 5.57. The predicted molar refractivity (Wildman–Crippen MR) is 73.1 cm³/mol. The molecule has 0 saturated heterocycles. The molecule has 0 radical (unpaired) electrons. The fourth-order valence-electron chi connectivity index (χ4n) is 1.48. The van der Waals surface area contributed by atoms with Crippen LogP contribution in [0.3, 0.4) is 0 Å². The van der Waals surface area contributed by atoms with Crippen LogP contribution >= 0.6 is 22.7 Å². The Hall–Kier alpha value is -0.980. The number of anilines is 1. The van der Waals surface area contributed by atoms with Crippen molar-refractivity contribution in [2.45, 2.75) is 13.3 Å². The van der Waals surface area contributed by atoms with E-state index in [2.05, 4.69) is 20.7 Å². The van der Waals surface area contributed by atoms with E-state index in [1.54, 1.807) is 29.8 Å². The summed E-state index contributed by atoms with van der Waals surface area (Å²) in [5.74, 6) is 0. The van der Waals surface area contributed by atoms with Gasteiger partial charge in [0, 0.05) is 26.0 Å². The van der Waals surface area contributed by atoms with E-state index in [0.29, 0.717) is 6.61 Å². The quantitative estimate of drug-likeness (QED) is 0.906. The van der Waals surface area contributed by atoms with Crippen LogP contribution in [-0.4, -0.2) is 30.7 Å². The molecule has 0 aliphatic heterocycles. The van der Waals surface area contributed by atoms with Crippen molar-refractivity contribution in [2.75, 3.05) is 26.1 Å². The fraction of sp³-hybridized carbons (Fsp3) is 0.455. The molecule has 2 aromatic heterocycles. The lowest BCUT2D eigenvalue weighted by atomic mass is 10.3. The summed E-state index contributed by atoms with van der Waals surface area (Å²) in [4.78, 5) is 10.2. The van der Waals surface area contributed by atoms with Crippen LogP contribution in [0.15, 0.2) is 5.38 Å². The predicted octanol–water partition coefficient (Wildman–Crippen LogP) is 2.81. The average molecular weight is 269 g/mol. The van der Waals surface area contributed by atoms with E-state index in [1.807, 2.05) is 14.0 Å². The summed E-state index contributed by atoms with van der Waals surface area (Å²) in [6.07, 6.45) is 0.866. The molecule has 6 heteroatoms. The lowest BCUT2D eigenvalue weighted by Crippen LogP contribution is -1.93. The molecule has 0 amide bonds. The number of hydrogen-bond acceptors (Lipinski definition) is 6. The van der Waals surface area contributed by atoms with Gasteiger partial charge in [0.25, 0.3) is 0 Å². The van der Waals surface area contributed by atoms with E-state index in [-0.39, 0.29) is 0 Å². The molecule has 0 atom stereocenters. The van der Waals surface area contributed by atoms with E-state index in [0.717, 1.165) is 32.8 Å². The first kappa shape index (κ1) is 12.5. The van der Waals surface area contributed by atoms with Crippen LogP contribution in [0.5, 0.6) is 0 Å². The van der Waals surface area contributed by atoms with Crippen molar-refractivity contribution < 1.29 is 4.74 Å². The summed E-state index contributed by atoms with van der Waals surface area (Å²) >= 11 is 3.31. The molecular weight excluding hydrogens is 254 g/mol. The Morgan fingerprint density at radius 2 is 2.24 bits per heavy atom. The summed E-state index contributed by atoms with van der Waals surface area (Å²) < 4.78 is 5.07. The van der Waals surface area contributed by atoms with Crippen molar-refractivity contribution in [3.05, 3.63) is 16.1 Å². The zero-order valence-corrected chi connectivity index (χ0v) is 11.7. The number of hydrogen-bond donors (Lipinski definition) is 1. The minimum absolute atomic E-state index is 0.714.